The molecule has 8 heteroatoms. The molecular weight excluding hydrogens is 362 g/mol. The van der Waals surface area contributed by atoms with E-state index in [-0.39, 0.29) is 12.3 Å². The van der Waals surface area contributed by atoms with Crippen molar-refractivity contribution in [1.29, 1.82) is 0 Å². The molecule has 0 aliphatic rings. The fourth-order valence-electron chi connectivity index (χ4n) is 2.47. The zero-order valence-electron chi connectivity index (χ0n) is 16.6. The maximum absolute atomic E-state index is 12.1. The van der Waals surface area contributed by atoms with Gasteiger partial charge in [-0.2, -0.15) is 0 Å². The van der Waals surface area contributed by atoms with Crippen molar-refractivity contribution in [3.63, 3.8) is 0 Å². The predicted octanol–water partition coefficient (Wildman–Crippen LogP) is 2.86. The van der Waals surface area contributed by atoms with Crippen molar-refractivity contribution >= 4 is 17.4 Å². The van der Waals surface area contributed by atoms with Crippen molar-refractivity contribution in [2.24, 2.45) is 10.3 Å². The minimum Gasteiger partial charge on any atom is -0.481 e. The van der Waals surface area contributed by atoms with E-state index in [1.165, 1.54) is 14.2 Å². The molecule has 0 atom stereocenters. The van der Waals surface area contributed by atoms with Crippen LogP contribution in [0.15, 0.2) is 46.7 Å². The van der Waals surface area contributed by atoms with Crippen LogP contribution in [-0.4, -0.2) is 43.7 Å². The lowest BCUT2D eigenvalue weighted by Gasteiger charge is -2.12. The number of esters is 1. The molecule has 0 N–H and O–H groups in total. The Kier molecular flexibility index (Phi) is 7.50. The number of ether oxygens (including phenoxy) is 2. The molecule has 0 radical (unpaired) electrons. The van der Waals surface area contributed by atoms with E-state index in [0.29, 0.717) is 22.8 Å². The summed E-state index contributed by atoms with van der Waals surface area (Å²) in [5.74, 6) is -0.110. The number of hydrogen-bond acceptors (Lipinski definition) is 8. The van der Waals surface area contributed by atoms with E-state index >= 15 is 0 Å². The van der Waals surface area contributed by atoms with Crippen LogP contribution in [0.25, 0.3) is 0 Å². The van der Waals surface area contributed by atoms with Crippen LogP contribution in [0.1, 0.15) is 29.3 Å². The van der Waals surface area contributed by atoms with E-state index in [4.69, 9.17) is 19.1 Å². The number of aryl methyl sites for hydroxylation is 1. The van der Waals surface area contributed by atoms with Gasteiger partial charge in [0.05, 0.1) is 19.9 Å². The van der Waals surface area contributed by atoms with E-state index in [0.717, 1.165) is 11.1 Å². The lowest BCUT2D eigenvalue weighted by molar-refractivity contribution is -0.132. The van der Waals surface area contributed by atoms with Gasteiger partial charge < -0.3 is 19.1 Å². The van der Waals surface area contributed by atoms with Gasteiger partial charge >= 0.3 is 5.97 Å². The van der Waals surface area contributed by atoms with Gasteiger partial charge in [-0.3, -0.25) is 0 Å². The molecule has 0 aliphatic heterocycles. The Balaban J connectivity index is 2.26. The van der Waals surface area contributed by atoms with E-state index in [1.54, 1.807) is 26.2 Å². The minimum atomic E-state index is -0.603. The third kappa shape index (κ3) is 5.06. The molecule has 1 aromatic heterocycles. The smallest absolute Gasteiger partial charge is 0.360 e. The highest BCUT2D eigenvalue weighted by Crippen LogP contribution is 2.18. The number of oxime groups is 2. The standard InChI is InChI=1S/C20H23N3O5/c1-13-8-6-9-15(19(23-27-5)20(24)26-4)16(13)12-28-22-14(2)17-10-7-11-18(21-17)25-3/h6-11H,12H2,1-5H3/b22-14+,23-19+. The number of aromatic nitrogens is 1. The summed E-state index contributed by atoms with van der Waals surface area (Å²) in [6.45, 7) is 3.82. The maximum atomic E-state index is 12.1. The van der Waals surface area contributed by atoms with Crippen LogP contribution in [0.2, 0.25) is 0 Å². The first kappa shape index (κ1) is 20.9. The van der Waals surface area contributed by atoms with E-state index in [2.05, 4.69) is 15.3 Å². The van der Waals surface area contributed by atoms with Gasteiger partial charge in [0.1, 0.15) is 19.4 Å². The Morgan fingerprint density at radius 2 is 1.82 bits per heavy atom. The van der Waals surface area contributed by atoms with Gasteiger partial charge in [-0.05, 0) is 25.5 Å². The molecule has 1 heterocycles. The molecule has 2 aromatic rings. The average molecular weight is 385 g/mol. The number of carbonyl (C=O) groups is 1. The number of hydrogen-bond donors (Lipinski definition) is 0. The van der Waals surface area contributed by atoms with Crippen LogP contribution in [0.4, 0.5) is 0 Å². The zero-order chi connectivity index (χ0) is 20.5. The molecule has 2 rings (SSSR count). The third-order valence-corrected chi connectivity index (χ3v) is 3.94. The predicted molar refractivity (Wildman–Crippen MR) is 105 cm³/mol. The lowest BCUT2D eigenvalue weighted by atomic mass is 9.99. The second-order valence-electron chi connectivity index (χ2n) is 5.73. The number of carbonyl (C=O) groups excluding carboxylic acids is 1. The monoisotopic (exact) mass is 385 g/mol. The summed E-state index contributed by atoms with van der Waals surface area (Å²) in [5.41, 5.74) is 3.51. The zero-order valence-corrected chi connectivity index (χ0v) is 16.6. The summed E-state index contributed by atoms with van der Waals surface area (Å²) in [4.78, 5) is 26.7. The molecular formula is C20H23N3O5. The van der Waals surface area contributed by atoms with Crippen LogP contribution < -0.4 is 4.74 Å². The molecule has 28 heavy (non-hydrogen) atoms. The molecule has 148 valence electrons. The van der Waals surface area contributed by atoms with Gasteiger partial charge in [-0.1, -0.05) is 34.6 Å². The largest absolute Gasteiger partial charge is 0.481 e. The molecule has 0 bridgehead atoms. The van der Waals surface area contributed by atoms with Crippen molar-refractivity contribution in [3.8, 4) is 5.88 Å². The molecule has 1 aromatic carbocycles. The normalized spacial score (nSPS) is 11.8. The lowest BCUT2D eigenvalue weighted by Crippen LogP contribution is -2.20. The SMILES string of the molecule is CO/N=C(/C(=O)OC)c1cccc(C)c1CO/N=C(\C)c1cccc(OC)n1. The van der Waals surface area contributed by atoms with Gasteiger partial charge in [0.15, 0.2) is 5.71 Å². The molecule has 0 saturated heterocycles. The van der Waals surface area contributed by atoms with Crippen molar-refractivity contribution in [2.75, 3.05) is 21.3 Å². The molecule has 8 nitrogen and oxygen atoms in total. The van der Waals surface area contributed by atoms with Crippen LogP contribution >= 0.6 is 0 Å². The summed E-state index contributed by atoms with van der Waals surface area (Å²) < 4.78 is 9.92. The van der Waals surface area contributed by atoms with Crippen molar-refractivity contribution in [2.45, 2.75) is 20.5 Å². The Hall–Kier alpha value is -3.42. The summed E-state index contributed by atoms with van der Waals surface area (Å²) >= 11 is 0. The minimum absolute atomic E-state index is 0.0578. The topological polar surface area (TPSA) is 91.6 Å². The fourth-order valence-corrected chi connectivity index (χ4v) is 2.47. The summed E-state index contributed by atoms with van der Waals surface area (Å²) in [6, 6.07) is 10.9. The number of pyridine rings is 1. The molecule has 0 fully saturated rings. The highest BCUT2D eigenvalue weighted by Gasteiger charge is 2.20. The fraction of sp³-hybridized carbons (Fsp3) is 0.300. The average Bonchev–Trinajstić information content (AvgIpc) is 2.72. The summed E-state index contributed by atoms with van der Waals surface area (Å²) in [7, 11) is 4.20. The van der Waals surface area contributed by atoms with Gasteiger partial charge in [0.25, 0.3) is 0 Å². The van der Waals surface area contributed by atoms with E-state index in [1.807, 2.05) is 31.2 Å². The van der Waals surface area contributed by atoms with Gasteiger partial charge in [-0.15, -0.1) is 0 Å². The molecule has 0 amide bonds. The van der Waals surface area contributed by atoms with Crippen LogP contribution in [0.3, 0.4) is 0 Å². The Morgan fingerprint density at radius 1 is 1.07 bits per heavy atom. The van der Waals surface area contributed by atoms with Crippen LogP contribution in [0.5, 0.6) is 5.88 Å². The van der Waals surface area contributed by atoms with Gasteiger partial charge in [0.2, 0.25) is 5.88 Å². The Morgan fingerprint density at radius 3 is 2.50 bits per heavy atom. The number of rotatable bonds is 8. The molecule has 0 spiro atoms. The van der Waals surface area contributed by atoms with Crippen molar-refractivity contribution in [1.82, 2.24) is 4.98 Å². The van der Waals surface area contributed by atoms with Crippen molar-refractivity contribution < 1.29 is 23.9 Å². The highest BCUT2D eigenvalue weighted by atomic mass is 16.6. The molecule has 0 unspecified atom stereocenters. The second kappa shape index (κ2) is 10.1. The number of benzene rings is 1. The highest BCUT2D eigenvalue weighted by molar-refractivity contribution is 6.43. The first-order valence-corrected chi connectivity index (χ1v) is 8.48. The van der Waals surface area contributed by atoms with Crippen LogP contribution in [0, 0.1) is 6.92 Å². The Bertz CT molecular complexity index is 893. The first-order valence-electron chi connectivity index (χ1n) is 8.48. The van der Waals surface area contributed by atoms with E-state index in [9.17, 15) is 4.79 Å². The van der Waals surface area contributed by atoms with Gasteiger partial charge in [-0.25, -0.2) is 9.78 Å². The van der Waals surface area contributed by atoms with Crippen molar-refractivity contribution in [3.05, 3.63) is 58.8 Å². The quantitative estimate of drug-likeness (QED) is 0.394. The number of nitrogens with zero attached hydrogens (tertiary/aromatic N) is 3. The third-order valence-electron chi connectivity index (χ3n) is 3.94. The van der Waals surface area contributed by atoms with Crippen LogP contribution in [-0.2, 0) is 25.8 Å². The summed E-state index contributed by atoms with van der Waals surface area (Å²) in [6.07, 6.45) is 0. The van der Waals surface area contributed by atoms with Gasteiger partial charge in [0, 0.05) is 17.2 Å². The molecule has 0 aliphatic carbocycles. The Labute approximate surface area is 163 Å². The van der Waals surface area contributed by atoms with E-state index < -0.39 is 5.97 Å². The first-order chi connectivity index (χ1) is 13.5. The maximum Gasteiger partial charge on any atom is 0.360 e. The summed E-state index contributed by atoms with van der Waals surface area (Å²) in [5, 5.41) is 7.93. The molecule has 0 saturated carbocycles. The second-order valence-corrected chi connectivity index (χ2v) is 5.73. The number of methoxy groups -OCH3 is 2.